The first-order chi connectivity index (χ1) is 8.77. The van der Waals surface area contributed by atoms with Crippen LogP contribution in [0, 0.1) is 0 Å². The van der Waals surface area contributed by atoms with Crippen molar-refractivity contribution in [2.75, 3.05) is 37.7 Å². The number of carboxylic acid groups (broad SMARTS) is 1. The van der Waals surface area contributed by atoms with E-state index in [4.69, 9.17) is 9.52 Å². The quantitative estimate of drug-likeness (QED) is 0.755. The molecular formula is C12H18N2O3S. The van der Waals surface area contributed by atoms with Crippen LogP contribution in [0.5, 0.6) is 0 Å². The summed E-state index contributed by atoms with van der Waals surface area (Å²) in [6.45, 7) is 4.73. The molecule has 0 amide bonds. The summed E-state index contributed by atoms with van der Waals surface area (Å²) in [6.07, 6.45) is 1.42. The standard InChI is InChI=1S/C12H18N2O3S/c15-12(16)11-10(1-6-17-11)9-13-2-3-14-4-7-18-8-5-14/h1,6,13H,2-5,7-9H2,(H,15,16). The van der Waals surface area contributed by atoms with Crippen LogP contribution in [0.3, 0.4) is 0 Å². The highest BCUT2D eigenvalue weighted by Crippen LogP contribution is 2.10. The van der Waals surface area contributed by atoms with Gasteiger partial charge in [0.25, 0.3) is 0 Å². The largest absolute Gasteiger partial charge is 0.475 e. The van der Waals surface area contributed by atoms with Gasteiger partial charge in [-0.15, -0.1) is 0 Å². The molecule has 1 fully saturated rings. The van der Waals surface area contributed by atoms with Crippen molar-refractivity contribution < 1.29 is 14.3 Å². The Morgan fingerprint density at radius 1 is 1.50 bits per heavy atom. The average Bonchev–Trinajstić information content (AvgIpc) is 2.84. The van der Waals surface area contributed by atoms with Gasteiger partial charge >= 0.3 is 5.97 Å². The Balaban J connectivity index is 1.68. The lowest BCUT2D eigenvalue weighted by atomic mass is 10.2. The SMILES string of the molecule is O=C(O)c1occc1CNCCN1CCSCC1. The van der Waals surface area contributed by atoms with E-state index >= 15 is 0 Å². The Kier molecular flexibility index (Phi) is 5.10. The van der Waals surface area contributed by atoms with Crippen molar-refractivity contribution >= 4 is 17.7 Å². The molecule has 1 aromatic heterocycles. The lowest BCUT2D eigenvalue weighted by molar-refractivity contribution is 0.0660. The summed E-state index contributed by atoms with van der Waals surface area (Å²) in [5.74, 6) is 1.46. The van der Waals surface area contributed by atoms with Crippen LogP contribution in [-0.4, -0.2) is 53.7 Å². The zero-order chi connectivity index (χ0) is 12.8. The van der Waals surface area contributed by atoms with Gasteiger partial charge in [0.05, 0.1) is 6.26 Å². The molecule has 1 saturated heterocycles. The van der Waals surface area contributed by atoms with E-state index in [1.54, 1.807) is 6.07 Å². The van der Waals surface area contributed by atoms with E-state index in [1.165, 1.54) is 17.8 Å². The first-order valence-electron chi connectivity index (χ1n) is 6.08. The van der Waals surface area contributed by atoms with E-state index < -0.39 is 5.97 Å². The van der Waals surface area contributed by atoms with Crippen LogP contribution < -0.4 is 5.32 Å². The van der Waals surface area contributed by atoms with E-state index in [9.17, 15) is 4.79 Å². The fourth-order valence-electron chi connectivity index (χ4n) is 1.95. The third kappa shape index (κ3) is 3.76. The number of nitrogens with zero attached hydrogens (tertiary/aromatic N) is 1. The Bertz CT molecular complexity index is 388. The minimum absolute atomic E-state index is 0.0388. The molecule has 0 atom stereocenters. The monoisotopic (exact) mass is 270 g/mol. The molecule has 0 spiro atoms. The number of carboxylic acids is 1. The minimum Gasteiger partial charge on any atom is -0.475 e. The first kappa shape index (κ1) is 13.5. The predicted molar refractivity (Wildman–Crippen MR) is 71.1 cm³/mol. The summed E-state index contributed by atoms with van der Waals surface area (Å²) < 4.78 is 4.92. The molecule has 0 unspecified atom stereocenters. The highest BCUT2D eigenvalue weighted by molar-refractivity contribution is 7.99. The van der Waals surface area contributed by atoms with Gasteiger partial charge in [-0.3, -0.25) is 0 Å². The van der Waals surface area contributed by atoms with E-state index in [-0.39, 0.29) is 5.76 Å². The van der Waals surface area contributed by atoms with Crippen LogP contribution in [0.25, 0.3) is 0 Å². The maximum atomic E-state index is 10.8. The third-order valence-electron chi connectivity index (χ3n) is 2.96. The zero-order valence-corrected chi connectivity index (χ0v) is 11.0. The van der Waals surface area contributed by atoms with E-state index in [2.05, 4.69) is 10.2 Å². The van der Waals surface area contributed by atoms with Gasteiger partial charge in [-0.1, -0.05) is 0 Å². The van der Waals surface area contributed by atoms with Crippen molar-refractivity contribution in [3.05, 3.63) is 23.7 Å². The molecule has 100 valence electrons. The summed E-state index contributed by atoms with van der Waals surface area (Å²) in [7, 11) is 0. The van der Waals surface area contributed by atoms with Crippen molar-refractivity contribution in [3.8, 4) is 0 Å². The van der Waals surface area contributed by atoms with Crippen LogP contribution in [0.4, 0.5) is 0 Å². The number of aromatic carboxylic acids is 1. The molecule has 2 heterocycles. The lowest BCUT2D eigenvalue weighted by Crippen LogP contribution is -2.37. The van der Waals surface area contributed by atoms with Crippen LogP contribution in [0.15, 0.2) is 16.7 Å². The average molecular weight is 270 g/mol. The molecule has 1 aliphatic heterocycles. The Morgan fingerprint density at radius 3 is 3.00 bits per heavy atom. The van der Waals surface area contributed by atoms with E-state index in [0.29, 0.717) is 12.1 Å². The molecule has 0 saturated carbocycles. The molecule has 18 heavy (non-hydrogen) atoms. The van der Waals surface area contributed by atoms with Crippen molar-refractivity contribution in [1.82, 2.24) is 10.2 Å². The molecule has 1 aromatic rings. The van der Waals surface area contributed by atoms with Crippen LogP contribution in [0.1, 0.15) is 16.1 Å². The number of nitrogens with one attached hydrogen (secondary N) is 1. The van der Waals surface area contributed by atoms with Crippen molar-refractivity contribution in [2.45, 2.75) is 6.54 Å². The van der Waals surface area contributed by atoms with Crippen molar-refractivity contribution in [2.24, 2.45) is 0 Å². The maximum Gasteiger partial charge on any atom is 0.372 e. The molecule has 2 N–H and O–H groups in total. The van der Waals surface area contributed by atoms with Gasteiger partial charge in [0, 0.05) is 49.8 Å². The highest BCUT2D eigenvalue weighted by atomic mass is 32.2. The molecule has 0 aliphatic carbocycles. The molecule has 1 aliphatic rings. The number of rotatable bonds is 6. The first-order valence-corrected chi connectivity index (χ1v) is 7.23. The summed E-state index contributed by atoms with van der Waals surface area (Å²) in [4.78, 5) is 13.3. The predicted octanol–water partition coefficient (Wildman–Crippen LogP) is 1.12. The van der Waals surface area contributed by atoms with Gasteiger partial charge in [-0.25, -0.2) is 4.79 Å². The highest BCUT2D eigenvalue weighted by Gasteiger charge is 2.13. The summed E-state index contributed by atoms with van der Waals surface area (Å²) in [5, 5.41) is 12.1. The lowest BCUT2D eigenvalue weighted by Gasteiger charge is -2.26. The Morgan fingerprint density at radius 2 is 2.28 bits per heavy atom. The smallest absolute Gasteiger partial charge is 0.372 e. The maximum absolute atomic E-state index is 10.8. The van der Waals surface area contributed by atoms with Crippen LogP contribution in [-0.2, 0) is 6.54 Å². The van der Waals surface area contributed by atoms with Gasteiger partial charge in [0.1, 0.15) is 0 Å². The summed E-state index contributed by atoms with van der Waals surface area (Å²) in [6, 6.07) is 1.70. The van der Waals surface area contributed by atoms with Gasteiger partial charge in [-0.05, 0) is 6.07 Å². The molecular weight excluding hydrogens is 252 g/mol. The third-order valence-corrected chi connectivity index (χ3v) is 3.91. The number of carbonyl (C=O) groups is 1. The number of hydrogen-bond donors (Lipinski definition) is 2. The molecule has 6 heteroatoms. The molecule has 2 rings (SSSR count). The molecule has 0 aromatic carbocycles. The topological polar surface area (TPSA) is 65.7 Å². The van der Waals surface area contributed by atoms with Crippen molar-refractivity contribution in [3.63, 3.8) is 0 Å². The summed E-state index contributed by atoms with van der Waals surface area (Å²) >= 11 is 2.00. The van der Waals surface area contributed by atoms with Gasteiger partial charge in [0.15, 0.2) is 0 Å². The van der Waals surface area contributed by atoms with Gasteiger partial charge < -0.3 is 19.7 Å². The second-order valence-corrected chi connectivity index (χ2v) is 5.44. The minimum atomic E-state index is -1.01. The normalized spacial score (nSPS) is 16.9. The zero-order valence-electron chi connectivity index (χ0n) is 10.2. The van der Waals surface area contributed by atoms with E-state index in [1.807, 2.05) is 11.8 Å². The number of thioether (sulfide) groups is 1. The summed E-state index contributed by atoms with van der Waals surface area (Å²) in [5.41, 5.74) is 0.705. The fourth-order valence-corrected chi connectivity index (χ4v) is 2.93. The van der Waals surface area contributed by atoms with Crippen LogP contribution in [0.2, 0.25) is 0 Å². The van der Waals surface area contributed by atoms with Crippen molar-refractivity contribution in [1.29, 1.82) is 0 Å². The fraction of sp³-hybridized carbons (Fsp3) is 0.583. The molecule has 0 radical (unpaired) electrons. The number of furan rings is 1. The molecule has 5 nitrogen and oxygen atoms in total. The van der Waals surface area contributed by atoms with Gasteiger partial charge in [-0.2, -0.15) is 11.8 Å². The van der Waals surface area contributed by atoms with Gasteiger partial charge in [0.2, 0.25) is 5.76 Å². The number of hydrogen-bond acceptors (Lipinski definition) is 5. The Hall–Kier alpha value is -0.980. The second kappa shape index (κ2) is 6.82. The van der Waals surface area contributed by atoms with E-state index in [0.717, 1.165) is 26.2 Å². The molecule has 0 bridgehead atoms. The second-order valence-electron chi connectivity index (χ2n) is 4.21. The van der Waals surface area contributed by atoms with Crippen LogP contribution >= 0.6 is 11.8 Å². The Labute approximate surface area is 111 Å².